The summed E-state index contributed by atoms with van der Waals surface area (Å²) in [5.41, 5.74) is 1.16. The average Bonchev–Trinajstić information content (AvgIpc) is 2.94. The molecule has 150 valence electrons. The van der Waals surface area contributed by atoms with E-state index in [-0.39, 0.29) is 36.1 Å². The number of nitrogens with zero attached hydrogens (tertiary/aromatic N) is 3. The van der Waals surface area contributed by atoms with Crippen LogP contribution in [0.2, 0.25) is 5.02 Å². The molecule has 3 fully saturated rings. The van der Waals surface area contributed by atoms with Crippen LogP contribution in [-0.4, -0.2) is 65.1 Å². The van der Waals surface area contributed by atoms with Gasteiger partial charge in [0.05, 0.1) is 11.8 Å². The van der Waals surface area contributed by atoms with Crippen molar-refractivity contribution in [1.29, 1.82) is 0 Å². The second-order valence-electron chi connectivity index (χ2n) is 8.05. The normalized spacial score (nSPS) is 25.9. The molecule has 0 aromatic heterocycles. The maximum atomic E-state index is 12.7. The van der Waals surface area contributed by atoms with Gasteiger partial charge in [0.1, 0.15) is 6.54 Å². The smallest absolute Gasteiger partial charge is 0.242 e. The van der Waals surface area contributed by atoms with E-state index < -0.39 is 0 Å². The van der Waals surface area contributed by atoms with Gasteiger partial charge in [-0.1, -0.05) is 36.6 Å². The molecule has 1 aliphatic carbocycles. The molecule has 2 heterocycles. The van der Waals surface area contributed by atoms with Crippen LogP contribution in [0, 0.1) is 11.8 Å². The first-order valence-electron chi connectivity index (χ1n) is 10.1. The lowest BCUT2D eigenvalue weighted by Crippen LogP contribution is -2.51. The largest absolute Gasteiger partial charge is 0.339 e. The molecule has 1 saturated carbocycles. The van der Waals surface area contributed by atoms with E-state index >= 15 is 0 Å². The van der Waals surface area contributed by atoms with Crippen LogP contribution in [0.3, 0.4) is 0 Å². The molecule has 0 N–H and O–H groups in total. The van der Waals surface area contributed by atoms with Gasteiger partial charge >= 0.3 is 0 Å². The number of rotatable bonds is 4. The highest BCUT2D eigenvalue weighted by Crippen LogP contribution is 2.37. The molecule has 3 aliphatic rings. The Labute approximate surface area is 170 Å². The number of amides is 3. The Hall–Kier alpha value is -1.92. The highest BCUT2D eigenvalue weighted by molar-refractivity contribution is 6.30. The summed E-state index contributed by atoms with van der Waals surface area (Å²) in [6.07, 6.45) is 3.55. The third-order valence-electron chi connectivity index (χ3n) is 6.25. The quantitative estimate of drug-likeness (QED) is 0.723. The molecule has 0 bridgehead atoms. The van der Waals surface area contributed by atoms with Crippen molar-refractivity contribution in [3.8, 4) is 0 Å². The number of benzene rings is 1. The van der Waals surface area contributed by atoms with E-state index in [4.69, 9.17) is 11.6 Å². The minimum atomic E-state index is -0.191. The molecule has 1 aromatic rings. The van der Waals surface area contributed by atoms with Crippen molar-refractivity contribution < 1.29 is 14.4 Å². The summed E-state index contributed by atoms with van der Waals surface area (Å²) < 4.78 is 0. The molecule has 2 aliphatic heterocycles. The molecule has 4 rings (SSSR count). The molecule has 28 heavy (non-hydrogen) atoms. The highest BCUT2D eigenvalue weighted by atomic mass is 35.5. The van der Waals surface area contributed by atoms with Gasteiger partial charge in [0.25, 0.3) is 0 Å². The van der Waals surface area contributed by atoms with Gasteiger partial charge in [-0.15, -0.1) is 0 Å². The van der Waals surface area contributed by atoms with Crippen molar-refractivity contribution in [1.82, 2.24) is 14.7 Å². The molecule has 1 aromatic carbocycles. The molecule has 3 amide bonds. The monoisotopic (exact) mass is 403 g/mol. The average molecular weight is 404 g/mol. The van der Waals surface area contributed by atoms with Crippen LogP contribution in [0.15, 0.2) is 24.3 Å². The van der Waals surface area contributed by atoms with Gasteiger partial charge in [-0.2, -0.15) is 0 Å². The highest BCUT2D eigenvalue weighted by Gasteiger charge is 2.48. The van der Waals surface area contributed by atoms with E-state index in [0.717, 1.165) is 55.9 Å². The van der Waals surface area contributed by atoms with Gasteiger partial charge in [0, 0.05) is 37.7 Å². The Morgan fingerprint density at radius 1 is 1.00 bits per heavy atom. The third kappa shape index (κ3) is 3.94. The number of fused-ring (bicyclic) bond motifs is 1. The third-order valence-corrected chi connectivity index (χ3v) is 6.48. The lowest BCUT2D eigenvalue weighted by Gasteiger charge is -2.35. The van der Waals surface area contributed by atoms with Gasteiger partial charge < -0.3 is 4.90 Å². The number of carbonyl (C=O) groups excluding carboxylic acids is 3. The Balaban J connectivity index is 1.29. The Morgan fingerprint density at radius 3 is 2.25 bits per heavy atom. The predicted molar refractivity (Wildman–Crippen MR) is 105 cm³/mol. The molecule has 0 unspecified atom stereocenters. The first-order chi connectivity index (χ1) is 13.5. The van der Waals surface area contributed by atoms with Crippen LogP contribution in [0.25, 0.3) is 0 Å². The minimum Gasteiger partial charge on any atom is -0.339 e. The molecule has 2 saturated heterocycles. The Kier molecular flexibility index (Phi) is 5.69. The van der Waals surface area contributed by atoms with Crippen molar-refractivity contribution in [3.05, 3.63) is 34.9 Å². The summed E-state index contributed by atoms with van der Waals surface area (Å²) in [5, 5.41) is 0.729. The molecule has 6 nitrogen and oxygen atoms in total. The maximum absolute atomic E-state index is 12.7. The number of hydrogen-bond acceptors (Lipinski definition) is 4. The second kappa shape index (κ2) is 8.21. The van der Waals surface area contributed by atoms with Gasteiger partial charge in [0.15, 0.2) is 0 Å². The van der Waals surface area contributed by atoms with Crippen LogP contribution in [0.5, 0.6) is 0 Å². The van der Waals surface area contributed by atoms with Gasteiger partial charge in [-0.3, -0.25) is 24.2 Å². The summed E-state index contributed by atoms with van der Waals surface area (Å²) in [6.45, 7) is 3.47. The zero-order chi connectivity index (χ0) is 19.7. The summed E-state index contributed by atoms with van der Waals surface area (Å²) in [6, 6.07) is 7.81. The van der Waals surface area contributed by atoms with Gasteiger partial charge in [0.2, 0.25) is 17.7 Å². The number of likely N-dealkylation sites (tertiary alicyclic amines) is 1. The van der Waals surface area contributed by atoms with E-state index in [0.29, 0.717) is 13.1 Å². The van der Waals surface area contributed by atoms with Crippen LogP contribution >= 0.6 is 11.6 Å². The molecule has 0 spiro atoms. The van der Waals surface area contributed by atoms with Crippen LogP contribution in [0.1, 0.15) is 31.2 Å². The van der Waals surface area contributed by atoms with E-state index in [1.54, 1.807) is 4.90 Å². The second-order valence-corrected chi connectivity index (χ2v) is 8.48. The van der Waals surface area contributed by atoms with E-state index in [1.165, 1.54) is 4.90 Å². The summed E-state index contributed by atoms with van der Waals surface area (Å²) in [4.78, 5) is 43.1. The number of carbonyl (C=O) groups is 3. The molecule has 7 heteroatoms. The van der Waals surface area contributed by atoms with Gasteiger partial charge in [-0.05, 0) is 30.5 Å². The van der Waals surface area contributed by atoms with Crippen molar-refractivity contribution in [2.75, 3.05) is 32.7 Å². The summed E-state index contributed by atoms with van der Waals surface area (Å²) in [5.74, 6) is -0.778. The fourth-order valence-corrected chi connectivity index (χ4v) is 4.88. The maximum Gasteiger partial charge on any atom is 0.242 e. The Bertz CT molecular complexity index is 752. The van der Waals surface area contributed by atoms with Crippen LogP contribution < -0.4 is 0 Å². The number of piperazine rings is 1. The van der Waals surface area contributed by atoms with Crippen molar-refractivity contribution in [2.24, 2.45) is 11.8 Å². The van der Waals surface area contributed by atoms with Crippen LogP contribution in [0.4, 0.5) is 0 Å². The molecule has 2 atom stereocenters. The standard InChI is InChI=1S/C21H26ClN3O3/c22-16-5-3-4-15(12-16)13-23-8-10-24(11-9-23)19(26)14-25-20(27)17-6-1-2-7-18(17)21(25)28/h3-5,12,17-18H,1-2,6-11,13-14H2/t17-,18-/m0/s1. The fraction of sp³-hybridized carbons (Fsp3) is 0.571. The molecule has 0 radical (unpaired) electrons. The SMILES string of the molecule is O=C(CN1C(=O)[C@H]2CCCC[C@@H]2C1=O)N1CCN(Cc2cccc(Cl)c2)CC1. The zero-order valence-electron chi connectivity index (χ0n) is 16.0. The zero-order valence-corrected chi connectivity index (χ0v) is 16.7. The topological polar surface area (TPSA) is 60.9 Å². The van der Waals surface area contributed by atoms with Crippen LogP contribution in [-0.2, 0) is 20.9 Å². The predicted octanol–water partition coefficient (Wildman–Crippen LogP) is 2.16. The number of hydrogen-bond donors (Lipinski definition) is 0. The lowest BCUT2D eigenvalue weighted by molar-refractivity contribution is -0.147. The van der Waals surface area contributed by atoms with Crippen molar-refractivity contribution >= 4 is 29.3 Å². The summed E-state index contributed by atoms with van der Waals surface area (Å²) >= 11 is 6.05. The lowest BCUT2D eigenvalue weighted by atomic mass is 9.81. The van der Waals surface area contributed by atoms with Crippen molar-refractivity contribution in [3.63, 3.8) is 0 Å². The van der Waals surface area contributed by atoms with Crippen molar-refractivity contribution in [2.45, 2.75) is 32.2 Å². The summed E-state index contributed by atoms with van der Waals surface area (Å²) in [7, 11) is 0. The first kappa shape index (κ1) is 19.4. The number of imide groups is 1. The van der Waals surface area contributed by atoms with E-state index in [1.807, 2.05) is 24.3 Å². The van der Waals surface area contributed by atoms with E-state index in [9.17, 15) is 14.4 Å². The Morgan fingerprint density at radius 2 is 1.64 bits per heavy atom. The van der Waals surface area contributed by atoms with E-state index in [2.05, 4.69) is 4.90 Å². The number of halogens is 1. The first-order valence-corrected chi connectivity index (χ1v) is 10.5. The molecular weight excluding hydrogens is 378 g/mol. The fourth-order valence-electron chi connectivity index (χ4n) is 4.67. The van der Waals surface area contributed by atoms with Gasteiger partial charge in [-0.25, -0.2) is 0 Å². The minimum absolute atomic E-state index is 0.0983. The molecular formula is C21H26ClN3O3.